The number of thioether (sulfide) groups is 1. The lowest BCUT2D eigenvalue weighted by atomic mass is 9.85. The summed E-state index contributed by atoms with van der Waals surface area (Å²) in [5, 5.41) is 12.6. The number of pyridine rings is 1. The van der Waals surface area contributed by atoms with Crippen molar-refractivity contribution in [3.8, 4) is 22.9 Å². The second-order valence-electron chi connectivity index (χ2n) is 8.15. The molecule has 0 saturated heterocycles. The molecule has 1 amide bonds. The summed E-state index contributed by atoms with van der Waals surface area (Å²) < 4.78 is 12.9. The molecule has 0 radical (unpaired) electrons. The van der Waals surface area contributed by atoms with Crippen LogP contribution < -0.4 is 14.8 Å². The standard InChI is InChI=1S/C23H25N5O3S/c1-15-5-2-3-7-18(15)28-22(16-6-4-10-24-12-16)26-27-23(28)32-13-21(29)25-17-8-9-19-20(11-17)31-14-30-19/h4,6,8-12,15,18H,2-3,5,7,13-14H2,1H3,(H,25,29). The third kappa shape index (κ3) is 4.29. The second-order valence-corrected chi connectivity index (χ2v) is 9.09. The van der Waals surface area contributed by atoms with Gasteiger partial charge in [-0.05, 0) is 43.0 Å². The predicted octanol–water partition coefficient (Wildman–Crippen LogP) is 4.55. The number of benzene rings is 1. The van der Waals surface area contributed by atoms with Crippen LogP contribution in [-0.4, -0.2) is 38.2 Å². The van der Waals surface area contributed by atoms with Crippen LogP contribution in [0.2, 0.25) is 0 Å². The lowest BCUT2D eigenvalue weighted by molar-refractivity contribution is -0.113. The van der Waals surface area contributed by atoms with E-state index in [4.69, 9.17) is 9.47 Å². The van der Waals surface area contributed by atoms with Crippen molar-refractivity contribution in [3.05, 3.63) is 42.7 Å². The third-order valence-electron chi connectivity index (χ3n) is 5.97. The fraction of sp³-hybridized carbons (Fsp3) is 0.391. The summed E-state index contributed by atoms with van der Waals surface area (Å²) in [5.74, 6) is 2.80. The van der Waals surface area contributed by atoms with E-state index < -0.39 is 0 Å². The van der Waals surface area contributed by atoms with Crippen molar-refractivity contribution < 1.29 is 14.3 Å². The normalized spacial score (nSPS) is 19.7. The van der Waals surface area contributed by atoms with E-state index in [0.29, 0.717) is 29.1 Å². The lowest BCUT2D eigenvalue weighted by Gasteiger charge is -2.31. The van der Waals surface area contributed by atoms with E-state index in [1.165, 1.54) is 31.0 Å². The fourth-order valence-corrected chi connectivity index (χ4v) is 5.14. The molecule has 3 heterocycles. The van der Waals surface area contributed by atoms with Crippen molar-refractivity contribution in [2.24, 2.45) is 5.92 Å². The zero-order valence-electron chi connectivity index (χ0n) is 17.9. The Kier molecular flexibility index (Phi) is 5.98. The molecule has 1 N–H and O–H groups in total. The SMILES string of the molecule is CC1CCCCC1n1c(SCC(=O)Nc2ccc3c(c2)OCO3)nnc1-c1cccnc1. The quantitative estimate of drug-likeness (QED) is 0.550. The molecule has 1 aliphatic heterocycles. The number of hydrogen-bond donors (Lipinski definition) is 1. The maximum Gasteiger partial charge on any atom is 0.234 e. The molecular formula is C23H25N5O3S. The Hall–Kier alpha value is -3.07. The highest BCUT2D eigenvalue weighted by atomic mass is 32.2. The van der Waals surface area contributed by atoms with E-state index in [0.717, 1.165) is 23.0 Å². The van der Waals surface area contributed by atoms with Crippen molar-refractivity contribution in [1.29, 1.82) is 0 Å². The van der Waals surface area contributed by atoms with Gasteiger partial charge >= 0.3 is 0 Å². The van der Waals surface area contributed by atoms with Crippen LogP contribution in [0.4, 0.5) is 5.69 Å². The number of ether oxygens (including phenoxy) is 2. The highest BCUT2D eigenvalue weighted by molar-refractivity contribution is 7.99. The zero-order chi connectivity index (χ0) is 21.9. The summed E-state index contributed by atoms with van der Waals surface area (Å²) in [6, 6.07) is 9.60. The first-order chi connectivity index (χ1) is 15.7. The predicted molar refractivity (Wildman–Crippen MR) is 122 cm³/mol. The zero-order valence-corrected chi connectivity index (χ0v) is 18.7. The molecule has 1 saturated carbocycles. The number of rotatable bonds is 6. The minimum absolute atomic E-state index is 0.108. The number of nitrogens with one attached hydrogen (secondary N) is 1. The minimum Gasteiger partial charge on any atom is -0.454 e. The molecule has 2 atom stereocenters. The number of carbonyl (C=O) groups excluding carboxylic acids is 1. The van der Waals surface area contributed by atoms with Gasteiger partial charge < -0.3 is 14.8 Å². The van der Waals surface area contributed by atoms with Crippen LogP contribution in [0.5, 0.6) is 11.5 Å². The van der Waals surface area contributed by atoms with Crippen LogP contribution in [0.3, 0.4) is 0 Å². The first-order valence-electron chi connectivity index (χ1n) is 10.9. The average molecular weight is 452 g/mol. The molecule has 2 unspecified atom stereocenters. The molecule has 3 aromatic rings. The largest absolute Gasteiger partial charge is 0.454 e. The Morgan fingerprint density at radius 3 is 2.91 bits per heavy atom. The summed E-state index contributed by atoms with van der Waals surface area (Å²) in [6.45, 7) is 2.49. The van der Waals surface area contributed by atoms with Crippen molar-refractivity contribution in [3.63, 3.8) is 0 Å². The third-order valence-corrected chi connectivity index (χ3v) is 6.91. The number of nitrogens with zero attached hydrogens (tertiary/aromatic N) is 4. The van der Waals surface area contributed by atoms with Crippen LogP contribution in [0.25, 0.3) is 11.4 Å². The molecule has 1 aromatic carbocycles. The summed E-state index contributed by atoms with van der Waals surface area (Å²) in [7, 11) is 0. The summed E-state index contributed by atoms with van der Waals surface area (Å²) in [5.41, 5.74) is 1.62. The van der Waals surface area contributed by atoms with Gasteiger partial charge in [-0.25, -0.2) is 0 Å². The van der Waals surface area contributed by atoms with Gasteiger partial charge in [-0.15, -0.1) is 10.2 Å². The Morgan fingerprint density at radius 1 is 1.19 bits per heavy atom. The number of carbonyl (C=O) groups is 1. The van der Waals surface area contributed by atoms with E-state index in [-0.39, 0.29) is 18.5 Å². The molecule has 5 rings (SSSR count). The lowest BCUT2D eigenvalue weighted by Crippen LogP contribution is -2.23. The van der Waals surface area contributed by atoms with Crippen LogP contribution in [0.1, 0.15) is 38.6 Å². The van der Waals surface area contributed by atoms with Gasteiger partial charge in [-0.3, -0.25) is 14.3 Å². The topological polar surface area (TPSA) is 91.2 Å². The maximum atomic E-state index is 12.6. The van der Waals surface area contributed by atoms with Gasteiger partial charge in [0.15, 0.2) is 22.5 Å². The molecule has 2 aromatic heterocycles. The van der Waals surface area contributed by atoms with Gasteiger partial charge in [0.05, 0.1) is 5.75 Å². The summed E-state index contributed by atoms with van der Waals surface area (Å²) in [6.07, 6.45) is 8.28. The van der Waals surface area contributed by atoms with Crippen LogP contribution in [-0.2, 0) is 4.79 Å². The Bertz CT molecular complexity index is 1100. The average Bonchev–Trinajstić information content (AvgIpc) is 3.45. The number of hydrogen-bond acceptors (Lipinski definition) is 7. The first kappa shape index (κ1) is 20.8. The number of fused-ring (bicyclic) bond motifs is 1. The Labute approximate surface area is 190 Å². The van der Waals surface area contributed by atoms with Crippen LogP contribution in [0, 0.1) is 5.92 Å². The molecule has 9 heteroatoms. The highest BCUT2D eigenvalue weighted by Crippen LogP contribution is 2.39. The van der Waals surface area contributed by atoms with Crippen LogP contribution >= 0.6 is 11.8 Å². The van der Waals surface area contributed by atoms with E-state index >= 15 is 0 Å². The molecule has 166 valence electrons. The molecule has 1 fully saturated rings. The molecule has 8 nitrogen and oxygen atoms in total. The van der Waals surface area contributed by atoms with Crippen molar-refractivity contribution in [2.75, 3.05) is 17.9 Å². The second kappa shape index (κ2) is 9.20. The van der Waals surface area contributed by atoms with Gasteiger partial charge in [0, 0.05) is 35.8 Å². The van der Waals surface area contributed by atoms with Crippen molar-refractivity contribution in [2.45, 2.75) is 43.8 Å². The summed E-state index contributed by atoms with van der Waals surface area (Å²) in [4.78, 5) is 16.9. The number of amides is 1. The van der Waals surface area contributed by atoms with E-state index in [1.807, 2.05) is 24.4 Å². The van der Waals surface area contributed by atoms with Gasteiger partial charge in [0.2, 0.25) is 12.7 Å². The maximum absolute atomic E-state index is 12.6. The fourth-order valence-electron chi connectivity index (χ4n) is 4.35. The van der Waals surface area contributed by atoms with Gasteiger partial charge in [0.25, 0.3) is 0 Å². The smallest absolute Gasteiger partial charge is 0.234 e. The molecule has 2 aliphatic rings. The summed E-state index contributed by atoms with van der Waals surface area (Å²) >= 11 is 1.41. The van der Waals surface area contributed by atoms with Crippen molar-refractivity contribution in [1.82, 2.24) is 19.7 Å². The van der Waals surface area contributed by atoms with Gasteiger partial charge in [0.1, 0.15) is 0 Å². The van der Waals surface area contributed by atoms with Gasteiger partial charge in [-0.2, -0.15) is 0 Å². The number of anilines is 1. The Morgan fingerprint density at radius 2 is 2.06 bits per heavy atom. The van der Waals surface area contributed by atoms with Crippen LogP contribution in [0.15, 0.2) is 47.9 Å². The Balaban J connectivity index is 1.34. The molecule has 32 heavy (non-hydrogen) atoms. The van der Waals surface area contributed by atoms with Gasteiger partial charge in [-0.1, -0.05) is 31.5 Å². The van der Waals surface area contributed by atoms with E-state index in [1.54, 1.807) is 18.3 Å². The molecular weight excluding hydrogens is 426 g/mol. The monoisotopic (exact) mass is 451 g/mol. The molecule has 0 spiro atoms. The number of aromatic nitrogens is 4. The highest BCUT2D eigenvalue weighted by Gasteiger charge is 2.29. The van der Waals surface area contributed by atoms with Crippen molar-refractivity contribution >= 4 is 23.4 Å². The molecule has 0 bridgehead atoms. The van der Waals surface area contributed by atoms with E-state index in [9.17, 15) is 4.79 Å². The molecule has 1 aliphatic carbocycles. The first-order valence-corrected chi connectivity index (χ1v) is 11.8. The van der Waals surface area contributed by atoms with E-state index in [2.05, 4.69) is 32.0 Å². The minimum atomic E-state index is -0.108.